The number of rotatable bonds is 6. The molecule has 0 aliphatic carbocycles. The number of ether oxygens (including phenoxy) is 2. The fraction of sp³-hybridized carbons (Fsp3) is 0.158. The van der Waals surface area contributed by atoms with Crippen molar-refractivity contribution in [3.05, 3.63) is 59.0 Å². The molecule has 2 N–H and O–H groups in total. The van der Waals surface area contributed by atoms with Gasteiger partial charge in [0.2, 0.25) is 5.95 Å². The zero-order valence-electron chi connectivity index (χ0n) is 15.0. The molecule has 0 unspecified atom stereocenters. The second kappa shape index (κ2) is 8.09. The molecule has 6 nitrogen and oxygen atoms in total. The Kier molecular flexibility index (Phi) is 5.61. The highest BCUT2D eigenvalue weighted by Gasteiger charge is 2.09. The van der Waals surface area contributed by atoms with Gasteiger partial charge in [-0.2, -0.15) is 4.98 Å². The van der Waals surface area contributed by atoms with Crippen molar-refractivity contribution in [2.24, 2.45) is 0 Å². The fourth-order valence-electron chi connectivity index (χ4n) is 2.44. The van der Waals surface area contributed by atoms with Crippen LogP contribution in [0.5, 0.6) is 11.5 Å². The average molecular weight is 389 g/mol. The molecule has 140 valence electrons. The van der Waals surface area contributed by atoms with E-state index in [1.807, 2.05) is 6.92 Å². The van der Waals surface area contributed by atoms with E-state index < -0.39 is 5.82 Å². The molecule has 0 radical (unpaired) electrons. The standard InChI is InChI=1S/C19H18ClFN4O2/c1-11-8-18(23-12-4-6-15(21)14(20)9-12)25-19(22-11)24-16-10-13(26-2)5-7-17(16)27-3/h4-10H,1-3H3,(H2,22,23,24,25). The second-order valence-corrected chi connectivity index (χ2v) is 6.07. The number of anilines is 4. The summed E-state index contributed by atoms with van der Waals surface area (Å²) < 4.78 is 23.9. The molecule has 0 fully saturated rings. The van der Waals surface area contributed by atoms with E-state index in [2.05, 4.69) is 20.6 Å². The number of benzene rings is 2. The van der Waals surface area contributed by atoms with E-state index in [-0.39, 0.29) is 5.02 Å². The molecule has 0 saturated carbocycles. The Balaban J connectivity index is 1.88. The molecule has 0 amide bonds. The van der Waals surface area contributed by atoms with E-state index in [0.29, 0.717) is 34.6 Å². The predicted molar refractivity (Wildman–Crippen MR) is 104 cm³/mol. The lowest BCUT2D eigenvalue weighted by Gasteiger charge is -2.13. The molecule has 0 aliphatic rings. The smallest absolute Gasteiger partial charge is 0.229 e. The van der Waals surface area contributed by atoms with Crippen LogP contribution in [0.4, 0.5) is 27.5 Å². The monoisotopic (exact) mass is 388 g/mol. The Morgan fingerprint density at radius 3 is 2.48 bits per heavy atom. The van der Waals surface area contributed by atoms with Crippen molar-refractivity contribution in [2.45, 2.75) is 6.92 Å². The molecule has 0 bridgehead atoms. The van der Waals surface area contributed by atoms with Gasteiger partial charge in [0.05, 0.1) is 24.9 Å². The maximum atomic E-state index is 13.3. The predicted octanol–water partition coefficient (Wildman–Crippen LogP) is 5.08. The molecule has 2 aromatic carbocycles. The van der Waals surface area contributed by atoms with Crippen molar-refractivity contribution in [3.8, 4) is 11.5 Å². The average Bonchev–Trinajstić information content (AvgIpc) is 2.64. The third-order valence-corrected chi connectivity index (χ3v) is 3.99. The van der Waals surface area contributed by atoms with Gasteiger partial charge in [-0.3, -0.25) is 0 Å². The first-order chi connectivity index (χ1) is 13.0. The zero-order valence-corrected chi connectivity index (χ0v) is 15.8. The van der Waals surface area contributed by atoms with Crippen molar-refractivity contribution in [2.75, 3.05) is 24.9 Å². The number of aryl methyl sites for hydroxylation is 1. The molecular weight excluding hydrogens is 371 g/mol. The summed E-state index contributed by atoms with van der Waals surface area (Å²) in [6, 6.07) is 11.5. The summed E-state index contributed by atoms with van der Waals surface area (Å²) >= 11 is 5.83. The minimum absolute atomic E-state index is 0.0326. The summed E-state index contributed by atoms with van der Waals surface area (Å²) in [7, 11) is 3.17. The molecule has 3 rings (SSSR count). The van der Waals surface area contributed by atoms with Crippen LogP contribution in [0.3, 0.4) is 0 Å². The zero-order chi connectivity index (χ0) is 19.4. The third-order valence-electron chi connectivity index (χ3n) is 3.70. The van der Waals surface area contributed by atoms with Crippen LogP contribution in [0.25, 0.3) is 0 Å². The number of methoxy groups -OCH3 is 2. The van der Waals surface area contributed by atoms with Gasteiger partial charge in [-0.1, -0.05) is 11.6 Å². The van der Waals surface area contributed by atoms with Crippen molar-refractivity contribution >= 4 is 34.7 Å². The van der Waals surface area contributed by atoms with Crippen molar-refractivity contribution in [1.82, 2.24) is 9.97 Å². The largest absolute Gasteiger partial charge is 0.497 e. The molecule has 27 heavy (non-hydrogen) atoms. The summed E-state index contributed by atoms with van der Waals surface area (Å²) in [5, 5.41) is 6.26. The summed E-state index contributed by atoms with van der Waals surface area (Å²) in [6.45, 7) is 1.85. The maximum Gasteiger partial charge on any atom is 0.229 e. The number of hydrogen-bond acceptors (Lipinski definition) is 6. The number of hydrogen-bond donors (Lipinski definition) is 2. The van der Waals surface area contributed by atoms with Crippen molar-refractivity contribution in [1.29, 1.82) is 0 Å². The molecule has 0 atom stereocenters. The lowest BCUT2D eigenvalue weighted by atomic mass is 10.2. The molecule has 3 aromatic rings. The highest BCUT2D eigenvalue weighted by molar-refractivity contribution is 6.31. The van der Waals surface area contributed by atoms with Gasteiger partial charge in [0.15, 0.2) is 0 Å². The van der Waals surface area contributed by atoms with Gasteiger partial charge in [-0.25, -0.2) is 9.37 Å². The summed E-state index contributed by atoms with van der Waals surface area (Å²) in [5.41, 5.74) is 2.02. The first-order valence-electron chi connectivity index (χ1n) is 8.05. The van der Waals surface area contributed by atoms with E-state index in [1.54, 1.807) is 44.6 Å². The lowest BCUT2D eigenvalue weighted by molar-refractivity contribution is 0.405. The molecule has 0 spiro atoms. The van der Waals surface area contributed by atoms with Crippen LogP contribution in [0.2, 0.25) is 5.02 Å². The quantitative estimate of drug-likeness (QED) is 0.613. The van der Waals surface area contributed by atoms with Gasteiger partial charge < -0.3 is 20.1 Å². The van der Waals surface area contributed by atoms with Crippen LogP contribution in [-0.4, -0.2) is 24.2 Å². The van der Waals surface area contributed by atoms with E-state index in [1.165, 1.54) is 12.1 Å². The Morgan fingerprint density at radius 1 is 0.963 bits per heavy atom. The van der Waals surface area contributed by atoms with Crippen LogP contribution in [0.15, 0.2) is 42.5 Å². The Hall–Kier alpha value is -3.06. The van der Waals surface area contributed by atoms with Crippen LogP contribution in [0, 0.1) is 12.7 Å². The van der Waals surface area contributed by atoms with Crippen LogP contribution in [-0.2, 0) is 0 Å². The van der Waals surface area contributed by atoms with E-state index in [9.17, 15) is 4.39 Å². The van der Waals surface area contributed by atoms with Crippen molar-refractivity contribution in [3.63, 3.8) is 0 Å². The summed E-state index contributed by atoms with van der Waals surface area (Å²) in [5.74, 6) is 1.73. The Labute approximate surface area is 161 Å². The Morgan fingerprint density at radius 2 is 1.78 bits per heavy atom. The molecular formula is C19H18ClFN4O2. The molecule has 0 aliphatic heterocycles. The van der Waals surface area contributed by atoms with E-state index >= 15 is 0 Å². The minimum Gasteiger partial charge on any atom is -0.497 e. The van der Waals surface area contributed by atoms with Crippen LogP contribution < -0.4 is 20.1 Å². The minimum atomic E-state index is -0.478. The summed E-state index contributed by atoms with van der Waals surface area (Å²) in [6.07, 6.45) is 0. The molecule has 0 saturated heterocycles. The SMILES string of the molecule is COc1ccc(OC)c(Nc2nc(C)cc(Nc3ccc(F)c(Cl)c3)n2)c1. The van der Waals surface area contributed by atoms with Crippen molar-refractivity contribution < 1.29 is 13.9 Å². The highest BCUT2D eigenvalue weighted by atomic mass is 35.5. The first kappa shape index (κ1) is 18.7. The number of nitrogens with one attached hydrogen (secondary N) is 2. The maximum absolute atomic E-state index is 13.3. The van der Waals surface area contributed by atoms with Gasteiger partial charge in [0, 0.05) is 23.5 Å². The Bertz CT molecular complexity index is 968. The number of nitrogens with zero attached hydrogens (tertiary/aromatic N) is 2. The van der Waals surface area contributed by atoms with Gasteiger partial charge in [-0.15, -0.1) is 0 Å². The second-order valence-electron chi connectivity index (χ2n) is 5.66. The molecule has 8 heteroatoms. The van der Waals surface area contributed by atoms with Gasteiger partial charge in [0.25, 0.3) is 0 Å². The first-order valence-corrected chi connectivity index (χ1v) is 8.43. The normalized spacial score (nSPS) is 10.4. The number of aromatic nitrogens is 2. The molecule has 1 aromatic heterocycles. The van der Waals surface area contributed by atoms with E-state index in [4.69, 9.17) is 21.1 Å². The highest BCUT2D eigenvalue weighted by Crippen LogP contribution is 2.31. The fourth-order valence-corrected chi connectivity index (χ4v) is 2.62. The van der Waals surface area contributed by atoms with E-state index in [0.717, 1.165) is 5.69 Å². The van der Waals surface area contributed by atoms with Gasteiger partial charge in [0.1, 0.15) is 23.1 Å². The number of halogens is 2. The van der Waals surface area contributed by atoms with Crippen LogP contribution in [0.1, 0.15) is 5.69 Å². The third kappa shape index (κ3) is 4.57. The summed E-state index contributed by atoms with van der Waals surface area (Å²) in [4.78, 5) is 8.83. The van der Waals surface area contributed by atoms with Crippen LogP contribution >= 0.6 is 11.6 Å². The van der Waals surface area contributed by atoms with Gasteiger partial charge in [-0.05, 0) is 37.3 Å². The van der Waals surface area contributed by atoms with Gasteiger partial charge >= 0.3 is 0 Å². The lowest BCUT2D eigenvalue weighted by Crippen LogP contribution is -2.03. The molecule has 1 heterocycles. The topological polar surface area (TPSA) is 68.3 Å².